The second-order valence-corrected chi connectivity index (χ2v) is 8.06. The highest BCUT2D eigenvalue weighted by Crippen LogP contribution is 2.12. The number of unbranched alkanes of at least 4 members (excludes halogenated alkanes) is 4. The zero-order valence-corrected chi connectivity index (χ0v) is 19.0. The molecule has 0 aromatic heterocycles. The van der Waals surface area contributed by atoms with Crippen molar-refractivity contribution < 1.29 is 34.4 Å². The van der Waals surface area contributed by atoms with Gasteiger partial charge in [0.2, 0.25) is 0 Å². The van der Waals surface area contributed by atoms with Crippen LogP contribution in [0.4, 0.5) is 0 Å². The van der Waals surface area contributed by atoms with Crippen LogP contribution in [0.25, 0.3) is 0 Å². The molecular weight excluding hydrogens is 388 g/mol. The Hall–Kier alpha value is -1.18. The van der Waals surface area contributed by atoms with E-state index in [-0.39, 0.29) is 25.6 Å². The number of carbonyl (C=O) groups excluding carboxylic acids is 2. The molecule has 7 nitrogen and oxygen atoms in total. The molecule has 0 fully saturated rings. The summed E-state index contributed by atoms with van der Waals surface area (Å²) >= 11 is 0. The molecule has 0 spiro atoms. The SMILES string of the molecule is CCCCCC(O)CCCC(=O)OCC(CO)OC(=O)CCCC(O)CCCCC. The van der Waals surface area contributed by atoms with Crippen LogP contribution in [0.5, 0.6) is 0 Å². The Balaban J connectivity index is 3.87. The van der Waals surface area contributed by atoms with Gasteiger partial charge in [-0.3, -0.25) is 9.59 Å². The third kappa shape index (κ3) is 17.7. The standard InChI is InChI=1S/C23H44O7/c1-3-5-7-11-19(25)13-9-15-22(27)29-18-21(17-24)30-23(28)16-10-14-20(26)12-8-6-4-2/h19-21,24-26H,3-18H2,1-2H3. The third-order valence-electron chi connectivity index (χ3n) is 5.05. The van der Waals surface area contributed by atoms with Crippen molar-refractivity contribution in [3.63, 3.8) is 0 Å². The highest BCUT2D eigenvalue weighted by Gasteiger charge is 2.17. The lowest BCUT2D eigenvalue weighted by Gasteiger charge is -2.16. The Bertz CT molecular complexity index is 428. The van der Waals surface area contributed by atoms with Crippen LogP contribution in [-0.4, -0.2) is 58.8 Å². The monoisotopic (exact) mass is 432 g/mol. The number of rotatable bonds is 20. The van der Waals surface area contributed by atoms with E-state index in [9.17, 15) is 24.9 Å². The van der Waals surface area contributed by atoms with Gasteiger partial charge in [0.05, 0.1) is 18.8 Å². The first-order valence-corrected chi connectivity index (χ1v) is 11.7. The Kier molecular flexibility index (Phi) is 19.0. The molecule has 0 aromatic carbocycles. The fourth-order valence-corrected chi connectivity index (χ4v) is 3.14. The fraction of sp³-hybridized carbons (Fsp3) is 0.913. The van der Waals surface area contributed by atoms with E-state index in [1.54, 1.807) is 0 Å². The van der Waals surface area contributed by atoms with E-state index < -0.39 is 30.8 Å². The Labute approximate surface area is 182 Å². The summed E-state index contributed by atoms with van der Waals surface area (Å²) in [6, 6.07) is 0. The average Bonchev–Trinajstić information content (AvgIpc) is 2.71. The summed E-state index contributed by atoms with van der Waals surface area (Å²) in [5.41, 5.74) is 0. The minimum absolute atomic E-state index is 0.158. The predicted octanol–water partition coefficient (Wildman–Crippen LogP) is 3.66. The Morgan fingerprint density at radius 1 is 0.733 bits per heavy atom. The number of aliphatic hydroxyl groups excluding tert-OH is 3. The van der Waals surface area contributed by atoms with Crippen LogP contribution in [0.15, 0.2) is 0 Å². The summed E-state index contributed by atoms with van der Waals surface area (Å²) in [4.78, 5) is 23.7. The van der Waals surface area contributed by atoms with Crippen molar-refractivity contribution >= 4 is 11.9 Å². The highest BCUT2D eigenvalue weighted by atomic mass is 16.6. The summed E-state index contributed by atoms with van der Waals surface area (Å²) in [6.07, 6.45) is 8.71. The molecule has 3 unspecified atom stereocenters. The van der Waals surface area contributed by atoms with Gasteiger partial charge in [-0.15, -0.1) is 0 Å². The van der Waals surface area contributed by atoms with E-state index in [1.807, 2.05) is 0 Å². The fourth-order valence-electron chi connectivity index (χ4n) is 3.14. The third-order valence-corrected chi connectivity index (χ3v) is 5.05. The molecule has 0 aliphatic rings. The van der Waals surface area contributed by atoms with Gasteiger partial charge in [0, 0.05) is 12.8 Å². The molecule has 0 saturated heterocycles. The largest absolute Gasteiger partial charge is 0.462 e. The lowest BCUT2D eigenvalue weighted by atomic mass is 10.1. The molecular formula is C23H44O7. The quantitative estimate of drug-likeness (QED) is 0.199. The van der Waals surface area contributed by atoms with E-state index in [0.717, 1.165) is 51.4 Å². The van der Waals surface area contributed by atoms with Crippen molar-refractivity contribution in [2.45, 2.75) is 122 Å². The second kappa shape index (κ2) is 19.8. The molecule has 0 saturated carbocycles. The second-order valence-electron chi connectivity index (χ2n) is 8.06. The zero-order valence-electron chi connectivity index (χ0n) is 19.0. The molecule has 178 valence electrons. The molecule has 0 aliphatic carbocycles. The Morgan fingerprint density at radius 2 is 1.20 bits per heavy atom. The molecule has 0 heterocycles. The van der Waals surface area contributed by atoms with E-state index in [1.165, 1.54) is 0 Å². The van der Waals surface area contributed by atoms with Crippen LogP contribution in [0, 0.1) is 0 Å². The number of hydrogen-bond donors (Lipinski definition) is 3. The van der Waals surface area contributed by atoms with Crippen molar-refractivity contribution in [2.24, 2.45) is 0 Å². The number of aliphatic hydroxyl groups is 3. The van der Waals surface area contributed by atoms with E-state index in [4.69, 9.17) is 9.47 Å². The first kappa shape index (κ1) is 28.8. The number of esters is 2. The van der Waals surface area contributed by atoms with Gasteiger partial charge in [0.15, 0.2) is 6.10 Å². The number of ether oxygens (including phenoxy) is 2. The number of carbonyl (C=O) groups is 2. The maximum absolute atomic E-state index is 11.9. The van der Waals surface area contributed by atoms with Crippen LogP contribution in [0.1, 0.15) is 104 Å². The smallest absolute Gasteiger partial charge is 0.306 e. The zero-order chi connectivity index (χ0) is 22.6. The minimum atomic E-state index is -0.879. The lowest BCUT2D eigenvalue weighted by molar-refractivity contribution is -0.161. The van der Waals surface area contributed by atoms with Gasteiger partial charge in [0.25, 0.3) is 0 Å². The molecule has 3 N–H and O–H groups in total. The summed E-state index contributed by atoms with van der Waals surface area (Å²) < 4.78 is 10.2. The molecule has 0 radical (unpaired) electrons. The van der Waals surface area contributed by atoms with Gasteiger partial charge in [-0.05, 0) is 38.5 Å². The minimum Gasteiger partial charge on any atom is -0.462 e. The molecule has 0 aliphatic heterocycles. The van der Waals surface area contributed by atoms with Crippen molar-refractivity contribution in [1.29, 1.82) is 0 Å². The lowest BCUT2D eigenvalue weighted by Crippen LogP contribution is -2.28. The topological polar surface area (TPSA) is 113 Å². The van der Waals surface area contributed by atoms with Crippen molar-refractivity contribution in [3.05, 3.63) is 0 Å². The van der Waals surface area contributed by atoms with Crippen LogP contribution in [0.3, 0.4) is 0 Å². The first-order chi connectivity index (χ1) is 14.4. The van der Waals surface area contributed by atoms with E-state index >= 15 is 0 Å². The van der Waals surface area contributed by atoms with Crippen molar-refractivity contribution in [1.82, 2.24) is 0 Å². The number of hydrogen-bond acceptors (Lipinski definition) is 7. The van der Waals surface area contributed by atoms with E-state index in [2.05, 4.69) is 13.8 Å². The van der Waals surface area contributed by atoms with Gasteiger partial charge >= 0.3 is 11.9 Å². The summed E-state index contributed by atoms with van der Waals surface area (Å²) in [7, 11) is 0. The first-order valence-electron chi connectivity index (χ1n) is 11.7. The van der Waals surface area contributed by atoms with Crippen LogP contribution in [0.2, 0.25) is 0 Å². The molecule has 3 atom stereocenters. The molecule has 0 rings (SSSR count). The maximum Gasteiger partial charge on any atom is 0.306 e. The molecule has 0 amide bonds. The molecule has 7 heteroatoms. The van der Waals surface area contributed by atoms with Gasteiger partial charge < -0.3 is 24.8 Å². The summed E-state index contributed by atoms with van der Waals surface area (Å²) in [6.45, 7) is 3.62. The van der Waals surface area contributed by atoms with Crippen molar-refractivity contribution in [3.8, 4) is 0 Å². The maximum atomic E-state index is 11.9. The normalized spacial score (nSPS) is 14.2. The molecule has 0 aromatic rings. The van der Waals surface area contributed by atoms with Gasteiger partial charge in [-0.1, -0.05) is 52.4 Å². The van der Waals surface area contributed by atoms with Crippen LogP contribution < -0.4 is 0 Å². The molecule has 0 bridgehead atoms. The predicted molar refractivity (Wildman–Crippen MR) is 116 cm³/mol. The molecule has 30 heavy (non-hydrogen) atoms. The summed E-state index contributed by atoms with van der Waals surface area (Å²) in [5.74, 6) is -0.901. The van der Waals surface area contributed by atoms with Crippen LogP contribution >= 0.6 is 0 Å². The Morgan fingerprint density at radius 3 is 1.67 bits per heavy atom. The van der Waals surface area contributed by atoms with Gasteiger partial charge in [0.1, 0.15) is 6.61 Å². The van der Waals surface area contributed by atoms with Gasteiger partial charge in [-0.25, -0.2) is 0 Å². The van der Waals surface area contributed by atoms with Gasteiger partial charge in [-0.2, -0.15) is 0 Å². The van der Waals surface area contributed by atoms with E-state index in [0.29, 0.717) is 25.7 Å². The average molecular weight is 433 g/mol. The van der Waals surface area contributed by atoms with Crippen LogP contribution in [-0.2, 0) is 19.1 Å². The van der Waals surface area contributed by atoms with Crippen molar-refractivity contribution in [2.75, 3.05) is 13.2 Å². The summed E-state index contributed by atoms with van der Waals surface area (Å²) in [5, 5.41) is 29.0. The highest BCUT2D eigenvalue weighted by molar-refractivity contribution is 5.70.